The van der Waals surface area contributed by atoms with E-state index in [4.69, 9.17) is 10.00 Å². The number of tetrazole rings is 1. The lowest BCUT2D eigenvalue weighted by Crippen LogP contribution is -2.25. The van der Waals surface area contributed by atoms with Gasteiger partial charge in [0.25, 0.3) is 0 Å². The van der Waals surface area contributed by atoms with E-state index in [-0.39, 0.29) is 13.1 Å². The summed E-state index contributed by atoms with van der Waals surface area (Å²) in [5.41, 5.74) is 1.27. The quantitative estimate of drug-likeness (QED) is 0.278. The van der Waals surface area contributed by atoms with Crippen molar-refractivity contribution in [2.75, 3.05) is 18.0 Å². The molecule has 0 radical (unpaired) electrons. The molecule has 4 rings (SSSR count). The molecule has 0 saturated carbocycles. The van der Waals surface area contributed by atoms with Crippen LogP contribution in [0.5, 0.6) is 0 Å². The molecule has 3 aromatic rings. The van der Waals surface area contributed by atoms with Crippen molar-refractivity contribution in [3.8, 4) is 23.1 Å². The van der Waals surface area contributed by atoms with Gasteiger partial charge < -0.3 is 4.74 Å². The fraction of sp³-hybridized carbons (Fsp3) is 0.250. The summed E-state index contributed by atoms with van der Waals surface area (Å²) in [5.74, 6) is 0.892. The van der Waals surface area contributed by atoms with Crippen LogP contribution in [0.2, 0.25) is 0 Å². The number of amides is 1. The number of carbonyl (C=O) groups excluding carboxylic acids is 1. The summed E-state index contributed by atoms with van der Waals surface area (Å²) in [6.45, 7) is 3.77. The summed E-state index contributed by atoms with van der Waals surface area (Å²) in [4.78, 5) is 23.3. The molecule has 3 heterocycles. The number of nitrogens with one attached hydrogen (secondary N) is 1. The summed E-state index contributed by atoms with van der Waals surface area (Å²) in [5, 5.41) is 22.7. The molecule has 1 N–H and O–H groups in total. The van der Waals surface area contributed by atoms with Gasteiger partial charge in [0, 0.05) is 17.3 Å². The smallest absolute Gasteiger partial charge is 0.414 e. The molecule has 32 heavy (non-hydrogen) atoms. The standard InChI is InChI=1S/C20H18FN9O2/c1-12(25-11-22)23-9-16-10-29(20(31)32-16)15-4-5-17(18(21)7-15)14-3-6-19(24-8-14)30-27-13(2)26-28-30/h3-8,16H,9-10H2,1-2H3,(H,23,25). The summed E-state index contributed by atoms with van der Waals surface area (Å²) < 4.78 is 20.2. The number of rotatable bonds is 5. The first-order valence-electron chi connectivity index (χ1n) is 9.62. The molecule has 1 atom stereocenters. The Balaban J connectivity index is 1.48. The number of anilines is 1. The Morgan fingerprint density at radius 3 is 2.91 bits per heavy atom. The number of hydrogen-bond acceptors (Lipinski definition) is 8. The molecule has 1 saturated heterocycles. The number of nitriles is 1. The highest BCUT2D eigenvalue weighted by Gasteiger charge is 2.32. The Bertz CT molecular complexity index is 1220. The number of ether oxygens (including phenoxy) is 1. The lowest BCUT2D eigenvalue weighted by molar-refractivity contribution is 0.145. The van der Waals surface area contributed by atoms with Gasteiger partial charge in [0.2, 0.25) is 0 Å². The number of amidine groups is 1. The van der Waals surface area contributed by atoms with E-state index in [1.807, 2.05) is 0 Å². The van der Waals surface area contributed by atoms with Gasteiger partial charge in [-0.25, -0.2) is 14.2 Å². The first-order valence-corrected chi connectivity index (χ1v) is 9.62. The van der Waals surface area contributed by atoms with Crippen LogP contribution in [-0.2, 0) is 4.74 Å². The average Bonchev–Trinajstić information content (AvgIpc) is 3.38. The monoisotopic (exact) mass is 435 g/mol. The Morgan fingerprint density at radius 2 is 2.25 bits per heavy atom. The van der Waals surface area contributed by atoms with Crippen LogP contribution in [0.4, 0.5) is 14.9 Å². The summed E-state index contributed by atoms with van der Waals surface area (Å²) in [6.07, 6.45) is 2.21. The molecule has 1 aliphatic rings. The molecule has 1 unspecified atom stereocenters. The second kappa shape index (κ2) is 8.76. The van der Waals surface area contributed by atoms with E-state index in [2.05, 4.69) is 30.7 Å². The first-order chi connectivity index (χ1) is 15.4. The highest BCUT2D eigenvalue weighted by atomic mass is 19.1. The number of carbonyl (C=O) groups is 1. The lowest BCUT2D eigenvalue weighted by atomic mass is 10.1. The van der Waals surface area contributed by atoms with Crippen LogP contribution >= 0.6 is 0 Å². The van der Waals surface area contributed by atoms with Crippen molar-refractivity contribution >= 4 is 17.6 Å². The molecule has 1 amide bonds. The van der Waals surface area contributed by atoms with Gasteiger partial charge in [-0.1, -0.05) is 0 Å². The Kier molecular flexibility index (Phi) is 5.71. The number of aromatic nitrogens is 5. The largest absolute Gasteiger partial charge is 0.442 e. The highest BCUT2D eigenvalue weighted by Crippen LogP contribution is 2.29. The summed E-state index contributed by atoms with van der Waals surface area (Å²) in [6, 6.07) is 7.87. The van der Waals surface area contributed by atoms with E-state index in [9.17, 15) is 9.18 Å². The Morgan fingerprint density at radius 1 is 1.41 bits per heavy atom. The zero-order valence-corrected chi connectivity index (χ0v) is 17.2. The van der Waals surface area contributed by atoms with Gasteiger partial charge in [-0.05, 0) is 49.4 Å². The third-order valence-electron chi connectivity index (χ3n) is 4.68. The van der Waals surface area contributed by atoms with E-state index in [0.29, 0.717) is 34.3 Å². The number of halogens is 1. The Labute approximate surface area is 182 Å². The number of aliphatic imine (C=N–C) groups is 1. The zero-order chi connectivity index (χ0) is 22.7. The minimum absolute atomic E-state index is 0.196. The molecule has 0 aliphatic carbocycles. The predicted molar refractivity (Wildman–Crippen MR) is 111 cm³/mol. The fourth-order valence-electron chi connectivity index (χ4n) is 3.14. The van der Waals surface area contributed by atoms with Crippen molar-refractivity contribution in [2.24, 2.45) is 4.99 Å². The summed E-state index contributed by atoms with van der Waals surface area (Å²) in [7, 11) is 0. The van der Waals surface area contributed by atoms with E-state index < -0.39 is 18.0 Å². The van der Waals surface area contributed by atoms with Crippen molar-refractivity contribution < 1.29 is 13.9 Å². The molecular formula is C20H18FN9O2. The molecule has 0 spiro atoms. The van der Waals surface area contributed by atoms with Crippen LogP contribution in [0.1, 0.15) is 12.7 Å². The van der Waals surface area contributed by atoms with Crippen LogP contribution < -0.4 is 10.2 Å². The molecule has 12 heteroatoms. The minimum atomic E-state index is -0.579. The van der Waals surface area contributed by atoms with Gasteiger partial charge in [0.05, 0.1) is 18.8 Å². The average molecular weight is 435 g/mol. The second-order valence-electron chi connectivity index (χ2n) is 6.97. The van der Waals surface area contributed by atoms with Crippen molar-refractivity contribution in [3.05, 3.63) is 48.2 Å². The number of cyclic esters (lactones) is 1. The number of benzene rings is 1. The van der Waals surface area contributed by atoms with Crippen LogP contribution in [0.25, 0.3) is 16.9 Å². The lowest BCUT2D eigenvalue weighted by Gasteiger charge is -2.14. The highest BCUT2D eigenvalue weighted by molar-refractivity contribution is 5.90. The number of aryl methyl sites for hydroxylation is 1. The second-order valence-corrected chi connectivity index (χ2v) is 6.97. The van der Waals surface area contributed by atoms with E-state index >= 15 is 0 Å². The SMILES string of the molecule is CC(=NCC1CN(c2ccc(-c3ccc(-n4nnc(C)n4)nc3)c(F)c2)C(=O)O1)NC#N. The van der Waals surface area contributed by atoms with Gasteiger partial charge in [0.1, 0.15) is 17.8 Å². The molecule has 162 valence electrons. The first kappa shape index (κ1) is 20.9. The minimum Gasteiger partial charge on any atom is -0.442 e. The van der Waals surface area contributed by atoms with Gasteiger partial charge in [-0.15, -0.1) is 15.0 Å². The molecule has 2 aromatic heterocycles. The maximum Gasteiger partial charge on any atom is 0.414 e. The van der Waals surface area contributed by atoms with E-state index in [0.717, 1.165) is 0 Å². The third kappa shape index (κ3) is 4.36. The van der Waals surface area contributed by atoms with Crippen LogP contribution in [0, 0.1) is 24.2 Å². The topological polar surface area (TPSA) is 134 Å². The molecule has 0 bridgehead atoms. The molecule has 1 aliphatic heterocycles. The fourth-order valence-corrected chi connectivity index (χ4v) is 3.14. The van der Waals surface area contributed by atoms with Crippen molar-refractivity contribution in [2.45, 2.75) is 20.0 Å². The van der Waals surface area contributed by atoms with E-state index in [1.54, 1.807) is 44.3 Å². The normalized spacial score (nSPS) is 16.1. The van der Waals surface area contributed by atoms with Crippen molar-refractivity contribution in [1.82, 2.24) is 30.5 Å². The maximum atomic E-state index is 14.9. The maximum absolute atomic E-state index is 14.9. The van der Waals surface area contributed by atoms with Gasteiger partial charge in [-0.3, -0.25) is 15.2 Å². The van der Waals surface area contributed by atoms with Gasteiger partial charge in [-0.2, -0.15) is 5.26 Å². The van der Waals surface area contributed by atoms with Crippen molar-refractivity contribution in [3.63, 3.8) is 0 Å². The van der Waals surface area contributed by atoms with Crippen LogP contribution in [0.3, 0.4) is 0 Å². The molecular weight excluding hydrogens is 417 g/mol. The molecule has 1 fully saturated rings. The van der Waals surface area contributed by atoms with Gasteiger partial charge >= 0.3 is 6.09 Å². The van der Waals surface area contributed by atoms with Gasteiger partial charge in [0.15, 0.2) is 17.8 Å². The molecule has 1 aromatic carbocycles. The zero-order valence-electron chi connectivity index (χ0n) is 17.2. The van der Waals surface area contributed by atoms with E-state index in [1.165, 1.54) is 22.0 Å². The number of pyridine rings is 1. The van der Waals surface area contributed by atoms with Crippen LogP contribution in [0.15, 0.2) is 41.5 Å². The van der Waals surface area contributed by atoms with Crippen LogP contribution in [-0.4, -0.2) is 56.3 Å². The molecule has 11 nitrogen and oxygen atoms in total. The number of hydrogen-bond donors (Lipinski definition) is 1. The Hall–Kier alpha value is -4.40. The third-order valence-corrected chi connectivity index (χ3v) is 4.68. The summed E-state index contributed by atoms with van der Waals surface area (Å²) >= 11 is 0. The van der Waals surface area contributed by atoms with Crippen molar-refractivity contribution in [1.29, 1.82) is 5.26 Å². The number of nitrogens with zero attached hydrogens (tertiary/aromatic N) is 8. The predicted octanol–water partition coefficient (Wildman–Crippen LogP) is 1.99.